The minimum absolute atomic E-state index is 0.460. The molecule has 1 aliphatic heterocycles. The molecule has 8 aromatic rings. The molecule has 3 aliphatic carbocycles. The topological polar surface area (TPSA) is 21.7 Å². The Labute approximate surface area is 338 Å². The Hall–Kier alpha value is -7.36. The Balaban J connectivity index is 0.997. The van der Waals surface area contributed by atoms with Gasteiger partial charge in [-0.25, -0.2) is 0 Å². The Morgan fingerprint density at radius 3 is 1.62 bits per heavy atom. The van der Waals surface area contributed by atoms with Crippen molar-refractivity contribution in [1.29, 1.82) is 0 Å². The molecular weight excluding hydrogens is 707 g/mol. The largest absolute Gasteiger partial charge is 0.449 e. The summed E-state index contributed by atoms with van der Waals surface area (Å²) in [5.41, 5.74) is 17.4. The summed E-state index contributed by atoms with van der Waals surface area (Å²) in [5.74, 6) is 2.79. The molecule has 58 heavy (non-hydrogen) atoms. The van der Waals surface area contributed by atoms with Gasteiger partial charge in [0.1, 0.15) is 0 Å². The van der Waals surface area contributed by atoms with Crippen LogP contribution in [0.25, 0.3) is 39.0 Å². The molecule has 12 rings (SSSR count). The van der Waals surface area contributed by atoms with Crippen molar-refractivity contribution < 1.29 is 9.47 Å². The Morgan fingerprint density at radius 1 is 0.414 bits per heavy atom. The van der Waals surface area contributed by atoms with Gasteiger partial charge in [0.2, 0.25) is 0 Å². The minimum atomic E-state index is -0.460. The molecule has 0 atom stereocenters. The van der Waals surface area contributed by atoms with Crippen LogP contribution < -0.4 is 14.4 Å². The molecule has 274 valence electrons. The third-order valence-electron chi connectivity index (χ3n) is 12.4. The van der Waals surface area contributed by atoms with E-state index in [1.54, 1.807) is 0 Å². The van der Waals surface area contributed by atoms with Crippen LogP contribution in [0.2, 0.25) is 0 Å². The van der Waals surface area contributed by atoms with E-state index in [1.165, 1.54) is 66.8 Å². The number of para-hydroxylation sites is 1. The van der Waals surface area contributed by atoms with Crippen LogP contribution in [0.3, 0.4) is 0 Å². The molecule has 3 nitrogen and oxygen atoms in total. The molecule has 0 saturated heterocycles. The van der Waals surface area contributed by atoms with Gasteiger partial charge in [-0.05, 0) is 128 Å². The van der Waals surface area contributed by atoms with Crippen molar-refractivity contribution in [3.05, 3.63) is 228 Å². The van der Waals surface area contributed by atoms with Crippen LogP contribution in [-0.4, -0.2) is 0 Å². The maximum absolute atomic E-state index is 7.09. The van der Waals surface area contributed by atoms with Crippen LogP contribution in [0.1, 0.15) is 40.7 Å². The first-order valence-electron chi connectivity index (χ1n) is 20.1. The van der Waals surface area contributed by atoms with E-state index in [0.717, 1.165) is 35.7 Å². The van der Waals surface area contributed by atoms with Crippen LogP contribution in [0.5, 0.6) is 23.0 Å². The maximum atomic E-state index is 7.09. The summed E-state index contributed by atoms with van der Waals surface area (Å²) in [6.45, 7) is 0. The number of allylic oxidation sites excluding steroid dienone is 4. The van der Waals surface area contributed by atoms with Gasteiger partial charge in [0.25, 0.3) is 0 Å². The summed E-state index contributed by atoms with van der Waals surface area (Å²) in [6, 6.07) is 65.5. The standard InChI is InChI=1S/C55H37NO2/c1-3-14-36(15-4-1)38-26-30-40(31-27-38)56(41-32-28-39(29-33-41)37-16-5-2-6-17-37)50-24-13-25-51-54(50)58-52-34-45-44-20-9-12-23-48(44)55(49(45)35-53(52)57-51)46-21-10-7-18-42(46)43-19-8-11-22-47(43)55/h1,3-5,7-35H,2,6H2. The Morgan fingerprint density at radius 2 is 0.983 bits per heavy atom. The minimum Gasteiger partial charge on any atom is -0.449 e. The Kier molecular flexibility index (Phi) is 7.27. The highest BCUT2D eigenvalue weighted by Gasteiger charge is 2.52. The zero-order valence-electron chi connectivity index (χ0n) is 31.7. The van der Waals surface area contributed by atoms with Crippen LogP contribution in [0.15, 0.2) is 200 Å². The number of anilines is 3. The van der Waals surface area contributed by atoms with Crippen molar-refractivity contribution in [1.82, 2.24) is 0 Å². The summed E-state index contributed by atoms with van der Waals surface area (Å²) >= 11 is 0. The molecule has 0 saturated carbocycles. The van der Waals surface area contributed by atoms with E-state index in [0.29, 0.717) is 17.2 Å². The second kappa shape index (κ2) is 12.8. The van der Waals surface area contributed by atoms with E-state index in [2.05, 4.69) is 199 Å². The van der Waals surface area contributed by atoms with Gasteiger partial charge < -0.3 is 14.4 Å². The molecule has 0 bridgehead atoms. The van der Waals surface area contributed by atoms with Gasteiger partial charge in [0, 0.05) is 11.4 Å². The third kappa shape index (κ3) is 4.80. The first-order valence-corrected chi connectivity index (χ1v) is 20.1. The van der Waals surface area contributed by atoms with E-state index in [1.807, 2.05) is 6.07 Å². The summed E-state index contributed by atoms with van der Waals surface area (Å²) in [5, 5.41) is 0. The van der Waals surface area contributed by atoms with Crippen molar-refractivity contribution in [2.24, 2.45) is 0 Å². The number of rotatable bonds is 5. The highest BCUT2D eigenvalue weighted by atomic mass is 16.6. The van der Waals surface area contributed by atoms with Crippen molar-refractivity contribution >= 4 is 22.6 Å². The zero-order chi connectivity index (χ0) is 38.2. The molecule has 0 radical (unpaired) electrons. The first-order chi connectivity index (χ1) is 28.8. The molecule has 0 fully saturated rings. The van der Waals surface area contributed by atoms with Crippen LogP contribution in [-0.2, 0) is 5.41 Å². The second-order valence-corrected chi connectivity index (χ2v) is 15.5. The number of hydrogen-bond donors (Lipinski definition) is 0. The Bertz CT molecular complexity index is 2950. The van der Waals surface area contributed by atoms with Gasteiger partial charge in [0.05, 0.1) is 11.1 Å². The fraction of sp³-hybridized carbons (Fsp3) is 0.0545. The van der Waals surface area contributed by atoms with Crippen LogP contribution >= 0.6 is 0 Å². The summed E-state index contributed by atoms with van der Waals surface area (Å²) < 4.78 is 14.0. The lowest BCUT2D eigenvalue weighted by molar-refractivity contribution is 0.360. The molecule has 1 heterocycles. The molecule has 1 spiro atoms. The fourth-order valence-corrected chi connectivity index (χ4v) is 9.84. The SMILES string of the molecule is C1=CC(c2ccc(N(c3ccc(-c4ccccc4)cc3)c3cccc4c3Oc3cc5c(cc3O4)C3(c4ccccc4-c4ccccc43)c3ccccc3-5)cc2)=CCC1. The maximum Gasteiger partial charge on any atom is 0.194 e. The van der Waals surface area contributed by atoms with Crippen molar-refractivity contribution in [2.45, 2.75) is 18.3 Å². The molecule has 0 unspecified atom stereocenters. The predicted molar refractivity (Wildman–Crippen MR) is 236 cm³/mol. The molecule has 4 aliphatic rings. The van der Waals surface area contributed by atoms with E-state index in [-0.39, 0.29) is 0 Å². The van der Waals surface area contributed by atoms with Gasteiger partial charge in [-0.2, -0.15) is 0 Å². The number of ether oxygens (including phenoxy) is 2. The normalized spacial score (nSPS) is 14.5. The van der Waals surface area contributed by atoms with E-state index in [4.69, 9.17) is 9.47 Å². The number of fused-ring (bicyclic) bond motifs is 12. The third-order valence-corrected chi connectivity index (χ3v) is 12.4. The quantitative estimate of drug-likeness (QED) is 0.175. The van der Waals surface area contributed by atoms with E-state index < -0.39 is 5.41 Å². The first kappa shape index (κ1) is 32.8. The second-order valence-electron chi connectivity index (χ2n) is 15.5. The average molecular weight is 744 g/mol. The number of hydrogen-bond acceptors (Lipinski definition) is 3. The predicted octanol–water partition coefficient (Wildman–Crippen LogP) is 14.8. The summed E-state index contributed by atoms with van der Waals surface area (Å²) in [4.78, 5) is 2.28. The van der Waals surface area contributed by atoms with E-state index >= 15 is 0 Å². The fourth-order valence-electron chi connectivity index (χ4n) is 9.84. The molecular formula is C55H37NO2. The number of nitrogens with zero attached hydrogens (tertiary/aromatic N) is 1. The zero-order valence-corrected chi connectivity index (χ0v) is 31.7. The van der Waals surface area contributed by atoms with Crippen molar-refractivity contribution in [3.63, 3.8) is 0 Å². The molecule has 0 N–H and O–H groups in total. The summed E-state index contributed by atoms with van der Waals surface area (Å²) in [6.07, 6.45) is 8.98. The molecule has 0 aromatic heterocycles. The van der Waals surface area contributed by atoms with Crippen LogP contribution in [0.4, 0.5) is 17.1 Å². The smallest absolute Gasteiger partial charge is 0.194 e. The molecule has 8 aromatic carbocycles. The lowest BCUT2D eigenvalue weighted by Gasteiger charge is -2.32. The van der Waals surface area contributed by atoms with Crippen molar-refractivity contribution in [2.75, 3.05) is 4.90 Å². The lowest BCUT2D eigenvalue weighted by atomic mass is 9.70. The molecule has 0 amide bonds. The van der Waals surface area contributed by atoms with Gasteiger partial charge in [-0.15, -0.1) is 0 Å². The monoisotopic (exact) mass is 743 g/mol. The highest BCUT2D eigenvalue weighted by Crippen LogP contribution is 2.65. The molecule has 3 heteroatoms. The van der Waals surface area contributed by atoms with Crippen LogP contribution in [0, 0.1) is 0 Å². The lowest BCUT2D eigenvalue weighted by Crippen LogP contribution is -2.25. The van der Waals surface area contributed by atoms with Gasteiger partial charge >= 0.3 is 0 Å². The van der Waals surface area contributed by atoms with E-state index in [9.17, 15) is 0 Å². The van der Waals surface area contributed by atoms with Crippen molar-refractivity contribution in [3.8, 4) is 56.4 Å². The van der Waals surface area contributed by atoms with Gasteiger partial charge in [-0.1, -0.05) is 152 Å². The highest BCUT2D eigenvalue weighted by molar-refractivity contribution is 5.96. The summed E-state index contributed by atoms with van der Waals surface area (Å²) in [7, 11) is 0. The number of benzene rings is 8. The average Bonchev–Trinajstić information content (AvgIpc) is 3.76. The van der Waals surface area contributed by atoms with Gasteiger partial charge in [0.15, 0.2) is 23.0 Å². The van der Waals surface area contributed by atoms with Gasteiger partial charge in [-0.3, -0.25) is 0 Å².